The van der Waals surface area contributed by atoms with Gasteiger partial charge in [-0.25, -0.2) is 0 Å². The van der Waals surface area contributed by atoms with E-state index in [2.05, 4.69) is 0 Å². The van der Waals surface area contributed by atoms with E-state index in [1.807, 2.05) is 0 Å². The van der Waals surface area contributed by atoms with E-state index in [4.69, 9.17) is 61.0 Å². The SMILES string of the molecule is COc1cc(OC)c([SiH](O[SiH](c2c(OC)cc(OC)cc2OC)c2c(OC)cc(OC)cc2OC)c2c(OC)cc(OC)cc2OC)c(OC)c1. The van der Waals surface area contributed by atoms with Crippen LogP contribution >= 0.6 is 0 Å². The molecule has 0 saturated heterocycles. The highest BCUT2D eigenvalue weighted by Gasteiger charge is 2.41. The average Bonchev–Trinajstić information content (AvgIpc) is 3.19. The summed E-state index contributed by atoms with van der Waals surface area (Å²) in [6, 6.07) is 14.2. The summed E-state index contributed by atoms with van der Waals surface area (Å²) < 4.78 is 78.4. The van der Waals surface area contributed by atoms with Gasteiger partial charge in [0.05, 0.1) is 106 Å². The Morgan fingerprint density at radius 1 is 0.255 bits per heavy atom. The first kappa shape index (κ1) is 38.7. The zero-order chi connectivity index (χ0) is 37.2. The van der Waals surface area contributed by atoms with Gasteiger partial charge in [0.2, 0.25) is 18.1 Å². The van der Waals surface area contributed by atoms with Crippen LogP contribution in [-0.4, -0.2) is 103 Å². The van der Waals surface area contributed by atoms with E-state index >= 15 is 0 Å². The van der Waals surface area contributed by atoms with Gasteiger partial charge in [-0.15, -0.1) is 0 Å². The first-order chi connectivity index (χ1) is 24.7. The minimum Gasteiger partial charge on any atom is -0.497 e. The lowest BCUT2D eigenvalue weighted by Gasteiger charge is -2.31. The van der Waals surface area contributed by atoms with Crippen molar-refractivity contribution >= 4 is 38.8 Å². The molecular weight excluding hydrogens is 697 g/mol. The van der Waals surface area contributed by atoms with Crippen LogP contribution in [0.3, 0.4) is 0 Å². The second kappa shape index (κ2) is 17.7. The summed E-state index contributed by atoms with van der Waals surface area (Å²) in [5, 5.41) is 2.60. The van der Waals surface area contributed by atoms with Crippen LogP contribution in [0.1, 0.15) is 0 Å². The Labute approximate surface area is 302 Å². The molecule has 0 unspecified atom stereocenters. The maximum atomic E-state index is 7.70. The van der Waals surface area contributed by atoms with Crippen molar-refractivity contribution in [3.05, 3.63) is 48.5 Å². The Kier molecular flexibility index (Phi) is 13.4. The minimum absolute atomic E-state index is 0.470. The van der Waals surface area contributed by atoms with E-state index in [0.717, 1.165) is 0 Å². The molecule has 0 amide bonds. The zero-order valence-corrected chi connectivity index (χ0v) is 33.4. The molecule has 4 rings (SSSR count). The fraction of sp³-hybridized carbons (Fsp3) is 0.333. The minimum atomic E-state index is -3.14. The van der Waals surface area contributed by atoms with Crippen molar-refractivity contribution < 1.29 is 61.0 Å². The lowest BCUT2D eigenvalue weighted by Crippen LogP contribution is -2.57. The van der Waals surface area contributed by atoms with Gasteiger partial charge in [-0.1, -0.05) is 0 Å². The molecule has 0 fully saturated rings. The Morgan fingerprint density at radius 2 is 0.412 bits per heavy atom. The highest BCUT2D eigenvalue weighted by Crippen LogP contribution is 2.34. The van der Waals surface area contributed by atoms with Crippen LogP contribution in [-0.2, 0) is 4.12 Å². The molecule has 0 aliphatic rings. The number of hydrogen-bond acceptors (Lipinski definition) is 13. The van der Waals surface area contributed by atoms with Crippen molar-refractivity contribution in [1.29, 1.82) is 0 Å². The van der Waals surface area contributed by atoms with E-state index < -0.39 is 18.1 Å². The normalized spacial score (nSPS) is 10.8. The molecule has 276 valence electrons. The van der Waals surface area contributed by atoms with Gasteiger partial charge >= 0.3 is 0 Å². The Morgan fingerprint density at radius 3 is 0.529 bits per heavy atom. The van der Waals surface area contributed by atoms with Gasteiger partial charge in [0, 0.05) is 48.5 Å². The largest absolute Gasteiger partial charge is 0.497 e. The first-order valence-corrected chi connectivity index (χ1v) is 18.8. The number of benzene rings is 4. The smallest absolute Gasteiger partial charge is 0.244 e. The molecule has 4 aromatic carbocycles. The van der Waals surface area contributed by atoms with E-state index in [-0.39, 0.29) is 0 Å². The predicted molar refractivity (Wildman–Crippen MR) is 198 cm³/mol. The summed E-state index contributed by atoms with van der Waals surface area (Å²) in [6.45, 7) is 0. The molecule has 0 aliphatic heterocycles. The lowest BCUT2D eigenvalue weighted by atomic mass is 10.3. The molecular formula is C36H46O13Si2. The molecule has 0 atom stereocenters. The molecule has 51 heavy (non-hydrogen) atoms. The third kappa shape index (κ3) is 7.79. The van der Waals surface area contributed by atoms with Crippen molar-refractivity contribution in [3.8, 4) is 69.0 Å². The van der Waals surface area contributed by atoms with Crippen molar-refractivity contribution in [1.82, 2.24) is 0 Å². The fourth-order valence-corrected chi connectivity index (χ4v) is 13.4. The molecule has 0 aromatic heterocycles. The second-order valence-corrected chi connectivity index (χ2v) is 15.6. The summed E-state index contributed by atoms with van der Waals surface area (Å²) in [4.78, 5) is 0. The highest BCUT2D eigenvalue weighted by molar-refractivity contribution is 6.94. The third-order valence-electron chi connectivity index (χ3n) is 8.33. The van der Waals surface area contributed by atoms with Gasteiger partial charge in [0.1, 0.15) is 69.0 Å². The number of hydrogen-bond donors (Lipinski definition) is 0. The highest BCUT2D eigenvalue weighted by atomic mass is 28.4. The van der Waals surface area contributed by atoms with Gasteiger partial charge < -0.3 is 61.0 Å². The summed E-state index contributed by atoms with van der Waals surface area (Å²) in [5.41, 5.74) is 0. The van der Waals surface area contributed by atoms with Crippen LogP contribution in [0.2, 0.25) is 0 Å². The predicted octanol–water partition coefficient (Wildman–Crippen LogP) is 2.18. The Hall–Kier alpha value is -5.13. The Balaban J connectivity index is 2.25. The maximum Gasteiger partial charge on any atom is 0.244 e. The molecule has 0 heterocycles. The van der Waals surface area contributed by atoms with Gasteiger partial charge in [-0.2, -0.15) is 0 Å². The van der Waals surface area contributed by atoms with Crippen molar-refractivity contribution in [2.75, 3.05) is 85.3 Å². The van der Waals surface area contributed by atoms with Crippen LogP contribution in [0, 0.1) is 0 Å². The number of rotatable bonds is 18. The van der Waals surface area contributed by atoms with Crippen LogP contribution in [0.5, 0.6) is 69.0 Å². The van der Waals surface area contributed by atoms with E-state index in [0.29, 0.717) is 89.7 Å². The summed E-state index contributed by atoms with van der Waals surface area (Å²) in [5.74, 6) is 5.87. The molecule has 0 bridgehead atoms. The van der Waals surface area contributed by atoms with Gasteiger partial charge in [-0.3, -0.25) is 0 Å². The Bertz CT molecular complexity index is 1440. The average molecular weight is 743 g/mol. The molecule has 15 heteroatoms. The van der Waals surface area contributed by atoms with Crippen molar-refractivity contribution in [2.45, 2.75) is 0 Å². The third-order valence-corrected chi connectivity index (χ3v) is 14.9. The molecule has 4 aromatic rings. The van der Waals surface area contributed by atoms with Gasteiger partial charge in [-0.05, 0) is 0 Å². The summed E-state index contributed by atoms with van der Waals surface area (Å²) >= 11 is 0. The summed E-state index contributed by atoms with van der Waals surface area (Å²) in [7, 11) is 12.6. The first-order valence-electron chi connectivity index (χ1n) is 15.6. The summed E-state index contributed by atoms with van der Waals surface area (Å²) in [6.07, 6.45) is 0. The quantitative estimate of drug-likeness (QED) is 0.139. The molecule has 0 radical (unpaired) electrons. The van der Waals surface area contributed by atoms with Crippen molar-refractivity contribution in [3.63, 3.8) is 0 Å². The zero-order valence-electron chi connectivity index (χ0n) is 31.1. The van der Waals surface area contributed by atoms with E-state index in [1.165, 1.54) is 0 Å². The lowest BCUT2D eigenvalue weighted by molar-refractivity contribution is 0.375. The van der Waals surface area contributed by atoms with Crippen molar-refractivity contribution in [2.24, 2.45) is 0 Å². The van der Waals surface area contributed by atoms with E-state index in [1.54, 1.807) is 134 Å². The van der Waals surface area contributed by atoms with Gasteiger partial charge in [0.25, 0.3) is 0 Å². The maximum absolute atomic E-state index is 7.70. The molecule has 0 saturated carbocycles. The molecule has 0 N–H and O–H groups in total. The van der Waals surface area contributed by atoms with Crippen LogP contribution < -0.4 is 77.6 Å². The number of methoxy groups -OCH3 is 12. The standard InChI is InChI=1S/C36H46O13Si2/c1-37-21-13-25(41-5)33(26(14-21)42-6)50(34-27(43-7)15-22(38-2)16-28(34)44-8)49-51(35-29(45-9)17-23(39-3)18-30(35)46-10)36-31(47-11)19-24(40-4)20-32(36)48-12/h13-20,50-51H,1-12H3. The second-order valence-electron chi connectivity index (χ2n) is 10.7. The van der Waals surface area contributed by atoms with Crippen LogP contribution in [0.15, 0.2) is 48.5 Å². The molecule has 13 nitrogen and oxygen atoms in total. The fourth-order valence-electron chi connectivity index (χ4n) is 5.86. The van der Waals surface area contributed by atoms with Crippen LogP contribution in [0.4, 0.5) is 0 Å². The monoisotopic (exact) mass is 742 g/mol. The van der Waals surface area contributed by atoms with Gasteiger partial charge in [0.15, 0.2) is 0 Å². The number of ether oxygens (including phenoxy) is 12. The molecule has 0 spiro atoms. The topological polar surface area (TPSA) is 120 Å². The van der Waals surface area contributed by atoms with E-state index in [9.17, 15) is 0 Å². The molecule has 0 aliphatic carbocycles. The van der Waals surface area contributed by atoms with Crippen LogP contribution in [0.25, 0.3) is 0 Å².